The Morgan fingerprint density at radius 1 is 1.12 bits per heavy atom. The highest BCUT2D eigenvalue weighted by molar-refractivity contribution is 5.95. The molecule has 5 nitrogen and oxygen atoms in total. The van der Waals surface area contributed by atoms with Crippen molar-refractivity contribution in [2.24, 2.45) is 5.92 Å². The van der Waals surface area contributed by atoms with Gasteiger partial charge in [-0.3, -0.25) is 14.7 Å². The molecule has 0 saturated carbocycles. The van der Waals surface area contributed by atoms with E-state index in [2.05, 4.69) is 27.3 Å². The number of rotatable bonds is 7. The molecule has 32 heavy (non-hydrogen) atoms. The van der Waals surface area contributed by atoms with Crippen molar-refractivity contribution in [3.63, 3.8) is 0 Å². The lowest BCUT2D eigenvalue weighted by Gasteiger charge is -2.37. The van der Waals surface area contributed by atoms with Crippen molar-refractivity contribution < 1.29 is 9.53 Å². The first-order chi connectivity index (χ1) is 15.7. The lowest BCUT2D eigenvalue weighted by atomic mass is 9.87. The number of ether oxygens (including phenoxy) is 1. The molecule has 1 amide bonds. The van der Waals surface area contributed by atoms with Crippen LogP contribution in [0.3, 0.4) is 0 Å². The Bertz CT molecular complexity index is 1040. The molecule has 2 atom stereocenters. The lowest BCUT2D eigenvalue weighted by Crippen LogP contribution is -2.43. The van der Waals surface area contributed by atoms with E-state index in [1.54, 1.807) is 13.3 Å². The minimum atomic E-state index is -0.135. The van der Waals surface area contributed by atoms with Crippen LogP contribution in [0.2, 0.25) is 0 Å². The third kappa shape index (κ3) is 5.17. The average molecular weight is 430 g/mol. The molecule has 1 aliphatic rings. The number of nitrogens with one attached hydrogen (secondary N) is 1. The summed E-state index contributed by atoms with van der Waals surface area (Å²) in [6.07, 6.45) is 3.94. The lowest BCUT2D eigenvalue weighted by molar-refractivity contribution is 0.0874. The first-order valence-corrected chi connectivity index (χ1v) is 11.3. The zero-order chi connectivity index (χ0) is 22.3. The molecule has 1 aromatic heterocycles. The second kappa shape index (κ2) is 10.4. The largest absolute Gasteiger partial charge is 0.496 e. The average Bonchev–Trinajstić information content (AvgIpc) is 2.84. The Kier molecular flexibility index (Phi) is 7.17. The fourth-order valence-electron chi connectivity index (χ4n) is 4.62. The number of carbonyl (C=O) groups excluding carboxylic acids is 1. The summed E-state index contributed by atoms with van der Waals surface area (Å²) in [4.78, 5) is 20.2. The van der Waals surface area contributed by atoms with Crippen LogP contribution < -0.4 is 10.1 Å². The van der Waals surface area contributed by atoms with Crippen LogP contribution in [0.4, 0.5) is 0 Å². The quantitative estimate of drug-likeness (QED) is 0.587. The normalized spacial score (nSPS) is 17.5. The number of hydrogen-bond donors (Lipinski definition) is 1. The van der Waals surface area contributed by atoms with Gasteiger partial charge in [-0.25, -0.2) is 0 Å². The van der Waals surface area contributed by atoms with Crippen molar-refractivity contribution in [3.05, 3.63) is 95.3 Å². The molecular weight excluding hydrogens is 398 g/mol. The summed E-state index contributed by atoms with van der Waals surface area (Å²) in [5.74, 6) is 1.16. The predicted octanol–water partition coefficient (Wildman–Crippen LogP) is 4.78. The third-order valence-corrected chi connectivity index (χ3v) is 6.28. The minimum Gasteiger partial charge on any atom is -0.496 e. The van der Waals surface area contributed by atoms with Crippen molar-refractivity contribution in [1.29, 1.82) is 0 Å². The van der Waals surface area contributed by atoms with Crippen LogP contribution in [0.1, 0.15) is 46.1 Å². The Morgan fingerprint density at radius 3 is 2.69 bits per heavy atom. The maximum Gasteiger partial charge on any atom is 0.252 e. The maximum atomic E-state index is 13.2. The molecular formula is C27H31N3O2. The number of aromatic nitrogens is 1. The molecule has 5 heteroatoms. The van der Waals surface area contributed by atoms with E-state index in [1.807, 2.05) is 61.5 Å². The van der Waals surface area contributed by atoms with Gasteiger partial charge < -0.3 is 10.1 Å². The number of nitrogens with zero attached hydrogens (tertiary/aromatic N) is 2. The van der Waals surface area contributed by atoms with Gasteiger partial charge in [0.2, 0.25) is 0 Å². The molecule has 3 aromatic rings. The van der Waals surface area contributed by atoms with Gasteiger partial charge in [-0.2, -0.15) is 0 Å². The molecule has 2 heterocycles. The number of amides is 1. The van der Waals surface area contributed by atoms with Crippen molar-refractivity contribution in [2.45, 2.75) is 32.4 Å². The van der Waals surface area contributed by atoms with Gasteiger partial charge in [0.15, 0.2) is 0 Å². The molecule has 0 aliphatic carbocycles. The Labute approximate surface area is 190 Å². The number of carbonyl (C=O) groups is 1. The van der Waals surface area contributed by atoms with Gasteiger partial charge in [0.25, 0.3) is 5.91 Å². The van der Waals surface area contributed by atoms with E-state index in [0.29, 0.717) is 0 Å². The van der Waals surface area contributed by atoms with Gasteiger partial charge in [0, 0.05) is 30.4 Å². The second-order valence-electron chi connectivity index (χ2n) is 8.47. The van der Waals surface area contributed by atoms with Crippen LogP contribution in [0.15, 0.2) is 72.9 Å². The highest BCUT2D eigenvalue weighted by Gasteiger charge is 2.31. The van der Waals surface area contributed by atoms with Crippen LogP contribution in [0, 0.1) is 12.8 Å². The minimum absolute atomic E-state index is 0.0411. The number of para-hydroxylation sites is 1. The number of pyridine rings is 1. The SMILES string of the molecule is COc1ccccc1CN1CCC[C@H]([C@H](NC(=O)c2ccccc2C)c2ccccn2)C1. The van der Waals surface area contributed by atoms with Crippen LogP contribution in [0.25, 0.3) is 0 Å². The summed E-state index contributed by atoms with van der Waals surface area (Å²) in [7, 11) is 1.72. The predicted molar refractivity (Wildman–Crippen MR) is 127 cm³/mol. The summed E-state index contributed by atoms with van der Waals surface area (Å²) in [6.45, 7) is 4.74. The molecule has 0 unspecified atom stereocenters. The van der Waals surface area contributed by atoms with Crippen molar-refractivity contribution in [2.75, 3.05) is 20.2 Å². The summed E-state index contributed by atoms with van der Waals surface area (Å²) in [5.41, 5.74) is 3.80. The van der Waals surface area contributed by atoms with Crippen LogP contribution in [0.5, 0.6) is 5.75 Å². The molecule has 1 N–H and O–H groups in total. The highest BCUT2D eigenvalue weighted by Crippen LogP contribution is 2.31. The molecule has 2 aromatic carbocycles. The molecule has 1 fully saturated rings. The van der Waals surface area contributed by atoms with Gasteiger partial charge in [-0.05, 0) is 62.1 Å². The number of benzene rings is 2. The molecule has 166 valence electrons. The Hall–Kier alpha value is -3.18. The molecule has 1 saturated heterocycles. The van der Waals surface area contributed by atoms with E-state index in [9.17, 15) is 4.79 Å². The molecule has 4 rings (SSSR count). The smallest absolute Gasteiger partial charge is 0.252 e. The maximum absolute atomic E-state index is 13.2. The highest BCUT2D eigenvalue weighted by atomic mass is 16.5. The van der Waals surface area contributed by atoms with Gasteiger partial charge >= 0.3 is 0 Å². The molecule has 0 bridgehead atoms. The Balaban J connectivity index is 1.54. The number of hydrogen-bond acceptors (Lipinski definition) is 4. The summed E-state index contributed by atoms with van der Waals surface area (Å²) >= 11 is 0. The first kappa shape index (κ1) is 22.0. The van der Waals surface area contributed by atoms with Crippen molar-refractivity contribution in [3.8, 4) is 5.75 Å². The van der Waals surface area contributed by atoms with E-state index < -0.39 is 0 Å². The molecule has 1 aliphatic heterocycles. The fraction of sp³-hybridized carbons (Fsp3) is 0.333. The number of methoxy groups -OCH3 is 1. The summed E-state index contributed by atoms with van der Waals surface area (Å²) < 4.78 is 5.55. The zero-order valence-corrected chi connectivity index (χ0v) is 18.8. The van der Waals surface area contributed by atoms with Gasteiger partial charge in [-0.1, -0.05) is 42.5 Å². The number of piperidine rings is 1. The third-order valence-electron chi connectivity index (χ3n) is 6.28. The summed E-state index contributed by atoms with van der Waals surface area (Å²) in [5, 5.41) is 3.31. The fourth-order valence-corrected chi connectivity index (χ4v) is 4.62. The van der Waals surface area contributed by atoms with E-state index in [4.69, 9.17) is 4.74 Å². The van der Waals surface area contributed by atoms with E-state index in [-0.39, 0.29) is 17.9 Å². The van der Waals surface area contributed by atoms with E-state index in [1.165, 1.54) is 5.56 Å². The van der Waals surface area contributed by atoms with Gasteiger partial charge in [-0.15, -0.1) is 0 Å². The zero-order valence-electron chi connectivity index (χ0n) is 18.8. The molecule has 0 radical (unpaired) electrons. The van der Waals surface area contributed by atoms with Crippen LogP contribution >= 0.6 is 0 Å². The number of likely N-dealkylation sites (tertiary alicyclic amines) is 1. The van der Waals surface area contributed by atoms with E-state index >= 15 is 0 Å². The van der Waals surface area contributed by atoms with Gasteiger partial charge in [0.1, 0.15) is 5.75 Å². The Morgan fingerprint density at radius 2 is 1.91 bits per heavy atom. The number of aryl methyl sites for hydroxylation is 1. The van der Waals surface area contributed by atoms with Crippen molar-refractivity contribution >= 4 is 5.91 Å². The topological polar surface area (TPSA) is 54.5 Å². The first-order valence-electron chi connectivity index (χ1n) is 11.3. The molecule has 0 spiro atoms. The van der Waals surface area contributed by atoms with E-state index in [0.717, 1.165) is 55.0 Å². The standard InChI is InChI=1S/C27H31N3O2/c1-20-10-3-5-13-23(20)27(31)29-26(24-14-7-8-16-28-24)22-12-9-17-30(19-22)18-21-11-4-6-15-25(21)32-2/h3-8,10-11,13-16,22,26H,9,12,17-19H2,1-2H3,(H,29,31)/t22-,26-/m0/s1. The monoisotopic (exact) mass is 429 g/mol. The van der Waals surface area contributed by atoms with Crippen molar-refractivity contribution in [1.82, 2.24) is 15.2 Å². The van der Waals surface area contributed by atoms with Crippen LogP contribution in [-0.2, 0) is 6.54 Å². The van der Waals surface area contributed by atoms with Gasteiger partial charge in [0.05, 0.1) is 18.8 Å². The second-order valence-corrected chi connectivity index (χ2v) is 8.47. The summed E-state index contributed by atoms with van der Waals surface area (Å²) in [6, 6.07) is 21.7. The van der Waals surface area contributed by atoms with Crippen LogP contribution in [-0.4, -0.2) is 36.0 Å².